The van der Waals surface area contributed by atoms with Crippen molar-refractivity contribution in [2.75, 3.05) is 0 Å². The summed E-state index contributed by atoms with van der Waals surface area (Å²) >= 11 is 4.34. The van der Waals surface area contributed by atoms with Gasteiger partial charge in [0.2, 0.25) is 10.0 Å². The molecular weight excluding hydrogens is 414 g/mol. The van der Waals surface area contributed by atoms with E-state index in [1.54, 1.807) is 18.2 Å². The number of sulfonamides is 1. The molecule has 0 aliphatic heterocycles. The van der Waals surface area contributed by atoms with Gasteiger partial charge in [0.25, 0.3) is 0 Å². The van der Waals surface area contributed by atoms with Gasteiger partial charge < -0.3 is 0 Å². The average molecular weight is 427 g/mol. The molecule has 3 aromatic rings. The van der Waals surface area contributed by atoms with E-state index in [1.165, 1.54) is 18.2 Å². The van der Waals surface area contributed by atoms with Crippen LogP contribution in [-0.2, 0) is 16.2 Å². The molecule has 0 bridgehead atoms. The summed E-state index contributed by atoms with van der Waals surface area (Å²) in [7, 11) is -4.18. The van der Waals surface area contributed by atoms with Crippen LogP contribution in [0.15, 0.2) is 70.5 Å². The first-order valence-electron chi connectivity index (χ1n) is 7.80. The molecule has 0 heterocycles. The van der Waals surface area contributed by atoms with E-state index in [0.29, 0.717) is 27.1 Å². The highest BCUT2D eigenvalue weighted by Gasteiger charge is 2.30. The molecule has 0 atom stereocenters. The lowest BCUT2D eigenvalue weighted by atomic mass is 9.99. The van der Waals surface area contributed by atoms with Crippen LogP contribution in [-0.4, -0.2) is 8.42 Å². The molecule has 0 radical (unpaired) electrons. The maximum Gasteiger partial charge on any atom is 0.416 e. The number of nitrogens with two attached hydrogens (primary N) is 1. The highest BCUT2D eigenvalue weighted by atomic mass is 32.2. The lowest BCUT2D eigenvalue weighted by Gasteiger charge is -2.12. The minimum atomic E-state index is -4.46. The van der Waals surface area contributed by atoms with Gasteiger partial charge >= 0.3 is 6.18 Å². The van der Waals surface area contributed by atoms with Gasteiger partial charge in [-0.15, -0.1) is 12.6 Å². The number of hydrogen-bond acceptors (Lipinski definition) is 3. The van der Waals surface area contributed by atoms with Gasteiger partial charge in [0, 0.05) is 4.90 Å². The lowest BCUT2D eigenvalue weighted by Crippen LogP contribution is -2.13. The van der Waals surface area contributed by atoms with Crippen LogP contribution in [0.4, 0.5) is 17.6 Å². The standard InChI is InChI=1S/C19H13F4NO2S2/c20-16-9-11(5-7-18(16)28(24,25)26)12-4-6-15(17(27)10-12)13-2-1-3-14(8-13)19(21,22)23/h1-10,27H,(H2,24,25,26). The molecule has 0 aromatic heterocycles. The topological polar surface area (TPSA) is 60.2 Å². The van der Waals surface area contributed by atoms with Crippen LogP contribution in [0.25, 0.3) is 22.3 Å². The molecule has 0 saturated carbocycles. The first-order chi connectivity index (χ1) is 13.0. The average Bonchev–Trinajstić information content (AvgIpc) is 2.60. The Bertz CT molecular complexity index is 1160. The van der Waals surface area contributed by atoms with Crippen molar-refractivity contribution in [2.45, 2.75) is 16.0 Å². The van der Waals surface area contributed by atoms with Gasteiger partial charge in [0.1, 0.15) is 10.7 Å². The van der Waals surface area contributed by atoms with Crippen LogP contribution in [0, 0.1) is 5.82 Å². The largest absolute Gasteiger partial charge is 0.416 e. The van der Waals surface area contributed by atoms with Crippen LogP contribution in [0.2, 0.25) is 0 Å². The van der Waals surface area contributed by atoms with Gasteiger partial charge in [-0.25, -0.2) is 17.9 Å². The van der Waals surface area contributed by atoms with E-state index in [4.69, 9.17) is 5.14 Å². The van der Waals surface area contributed by atoms with Gasteiger partial charge in [-0.05, 0) is 52.6 Å². The van der Waals surface area contributed by atoms with E-state index in [2.05, 4.69) is 12.6 Å². The first kappa shape index (κ1) is 20.4. The second-order valence-electron chi connectivity index (χ2n) is 6.00. The molecule has 146 valence electrons. The Morgan fingerprint density at radius 1 is 0.857 bits per heavy atom. The Labute approximate surface area is 164 Å². The number of rotatable bonds is 3. The molecule has 3 aromatic carbocycles. The van der Waals surface area contributed by atoms with Crippen LogP contribution < -0.4 is 5.14 Å². The predicted octanol–water partition coefficient (Wildman–Crippen LogP) is 5.11. The highest BCUT2D eigenvalue weighted by Crippen LogP contribution is 2.35. The third-order valence-electron chi connectivity index (χ3n) is 4.07. The molecule has 28 heavy (non-hydrogen) atoms. The lowest BCUT2D eigenvalue weighted by molar-refractivity contribution is -0.137. The van der Waals surface area contributed by atoms with E-state index in [9.17, 15) is 26.0 Å². The van der Waals surface area contributed by atoms with Gasteiger partial charge in [-0.2, -0.15) is 13.2 Å². The fourth-order valence-electron chi connectivity index (χ4n) is 2.73. The van der Waals surface area contributed by atoms with E-state index in [0.717, 1.165) is 24.3 Å². The molecule has 2 N–H and O–H groups in total. The van der Waals surface area contributed by atoms with E-state index in [1.807, 2.05) is 0 Å². The summed E-state index contributed by atoms with van der Waals surface area (Å²) in [5.41, 5.74) is 0.917. The Morgan fingerprint density at radius 2 is 1.50 bits per heavy atom. The van der Waals surface area contributed by atoms with E-state index >= 15 is 0 Å². The molecule has 0 fully saturated rings. The highest BCUT2D eigenvalue weighted by molar-refractivity contribution is 7.89. The molecule has 9 heteroatoms. The number of benzene rings is 3. The number of alkyl halides is 3. The summed E-state index contributed by atoms with van der Waals surface area (Å²) in [6, 6.07) is 13.0. The third kappa shape index (κ3) is 4.21. The third-order valence-corrected chi connectivity index (χ3v) is 5.38. The van der Waals surface area contributed by atoms with E-state index in [-0.39, 0.29) is 0 Å². The molecule has 0 unspecified atom stereocenters. The van der Waals surface area contributed by atoms with Crippen LogP contribution in [0.1, 0.15) is 5.56 Å². The molecule has 0 saturated heterocycles. The first-order valence-corrected chi connectivity index (χ1v) is 9.79. The van der Waals surface area contributed by atoms with Crippen LogP contribution in [0.5, 0.6) is 0 Å². The quantitative estimate of drug-likeness (QED) is 0.451. The summed E-state index contributed by atoms with van der Waals surface area (Å²) in [6.45, 7) is 0. The van der Waals surface area contributed by atoms with Gasteiger partial charge in [0.15, 0.2) is 0 Å². The fraction of sp³-hybridized carbons (Fsp3) is 0.0526. The molecule has 0 aliphatic rings. The molecular formula is C19H13F4NO2S2. The van der Waals surface area contributed by atoms with Crippen molar-refractivity contribution in [1.82, 2.24) is 0 Å². The minimum absolute atomic E-state index is 0.335. The molecule has 3 nitrogen and oxygen atoms in total. The second kappa shape index (κ2) is 7.23. The van der Waals surface area contributed by atoms with Gasteiger partial charge in [-0.1, -0.05) is 30.3 Å². The molecule has 0 aliphatic carbocycles. The van der Waals surface area contributed by atoms with Crippen molar-refractivity contribution < 1.29 is 26.0 Å². The van der Waals surface area contributed by atoms with Crippen LogP contribution >= 0.6 is 12.6 Å². The van der Waals surface area contributed by atoms with Crippen molar-refractivity contribution in [3.8, 4) is 22.3 Å². The molecule has 0 spiro atoms. The van der Waals surface area contributed by atoms with Crippen LogP contribution in [0.3, 0.4) is 0 Å². The summed E-state index contributed by atoms with van der Waals surface area (Å²) in [5.74, 6) is -0.998. The van der Waals surface area contributed by atoms with Gasteiger partial charge in [-0.3, -0.25) is 0 Å². The molecule has 3 rings (SSSR count). The minimum Gasteiger partial charge on any atom is -0.225 e. The summed E-state index contributed by atoms with van der Waals surface area (Å²) in [6.07, 6.45) is -4.46. The Kier molecular flexibility index (Phi) is 5.26. The van der Waals surface area contributed by atoms with Gasteiger partial charge in [0.05, 0.1) is 5.56 Å². The maximum atomic E-state index is 14.0. The summed E-state index contributed by atoms with van der Waals surface area (Å²) in [4.78, 5) is -0.240. The SMILES string of the molecule is NS(=O)(=O)c1ccc(-c2ccc(-c3cccc(C(F)(F)F)c3)c(S)c2)cc1F. The zero-order valence-electron chi connectivity index (χ0n) is 14.0. The van der Waals surface area contributed by atoms with Crippen molar-refractivity contribution in [3.63, 3.8) is 0 Å². The summed E-state index contributed by atoms with van der Waals surface area (Å²) in [5, 5.41) is 4.94. The zero-order chi connectivity index (χ0) is 20.7. The Hall–Kier alpha value is -2.36. The Balaban J connectivity index is 2.01. The number of primary sulfonamides is 1. The predicted molar refractivity (Wildman–Crippen MR) is 101 cm³/mol. The van der Waals surface area contributed by atoms with E-state index < -0.39 is 32.5 Å². The maximum absolute atomic E-state index is 14.0. The Morgan fingerprint density at radius 3 is 2.07 bits per heavy atom. The summed E-state index contributed by atoms with van der Waals surface area (Å²) < 4.78 is 75.4. The zero-order valence-corrected chi connectivity index (χ0v) is 15.7. The second-order valence-corrected chi connectivity index (χ2v) is 8.01. The smallest absolute Gasteiger partial charge is 0.225 e. The van der Waals surface area contributed by atoms with Crippen molar-refractivity contribution in [1.29, 1.82) is 0 Å². The van der Waals surface area contributed by atoms with Crippen molar-refractivity contribution >= 4 is 22.7 Å². The van der Waals surface area contributed by atoms with Crippen molar-refractivity contribution in [3.05, 3.63) is 72.0 Å². The normalized spacial score (nSPS) is 12.2. The number of halogens is 4. The molecule has 0 amide bonds. The fourth-order valence-corrected chi connectivity index (χ4v) is 3.66. The number of thiol groups is 1. The number of hydrogen-bond donors (Lipinski definition) is 2. The monoisotopic (exact) mass is 427 g/mol. The van der Waals surface area contributed by atoms with Crippen molar-refractivity contribution in [2.24, 2.45) is 5.14 Å².